The number of primary amides is 1. The fourth-order valence-corrected chi connectivity index (χ4v) is 11.2. The summed E-state index contributed by atoms with van der Waals surface area (Å²) in [4.78, 5) is 78.6. The summed E-state index contributed by atoms with van der Waals surface area (Å²) < 4.78 is 3.14. The minimum absolute atomic E-state index is 0.0121. The van der Waals surface area contributed by atoms with Crippen LogP contribution in [0.3, 0.4) is 0 Å². The Labute approximate surface area is 359 Å². The van der Waals surface area contributed by atoms with Crippen molar-refractivity contribution in [2.45, 2.75) is 75.4 Å². The molecule has 4 unspecified atom stereocenters. The van der Waals surface area contributed by atoms with E-state index in [9.17, 15) is 24.0 Å². The zero-order chi connectivity index (χ0) is 42.8. The number of urea groups is 1. The van der Waals surface area contributed by atoms with Gasteiger partial charge in [0.05, 0.1) is 23.1 Å². The molecule has 0 spiro atoms. The van der Waals surface area contributed by atoms with E-state index >= 15 is 0 Å². The number of aryl methyl sites for hydroxylation is 1. The molecular formula is C44H55N13O5. The molecule has 326 valence electrons. The average molecular weight is 846 g/mol. The molecule has 18 nitrogen and oxygen atoms in total. The predicted octanol–water partition coefficient (Wildman–Crippen LogP) is 2.78. The summed E-state index contributed by atoms with van der Waals surface area (Å²) in [7, 11) is 3.58. The minimum atomic E-state index is -0.702. The van der Waals surface area contributed by atoms with Crippen LogP contribution < -0.4 is 31.9 Å². The Morgan fingerprint density at radius 1 is 0.839 bits per heavy atom. The van der Waals surface area contributed by atoms with Crippen LogP contribution in [0.25, 0.3) is 11.0 Å². The van der Waals surface area contributed by atoms with Crippen molar-refractivity contribution in [1.82, 2.24) is 44.3 Å². The molecule has 1 aliphatic carbocycles. The van der Waals surface area contributed by atoms with Crippen molar-refractivity contribution in [3.8, 4) is 0 Å². The van der Waals surface area contributed by atoms with Crippen LogP contribution >= 0.6 is 0 Å². The SMILES string of the molecule is CN1CCN(C2CC3CC2N(c2nnc(C(N)=O)c(Nc4ccc(C5CCN(CC6CCN(c7ccc8c(c7)n(C)c(=O)n8C7CCC(=O)NC7=O)CC6)CC5)cc4)n2)C3)C1=O. The van der Waals surface area contributed by atoms with Gasteiger partial charge in [-0.3, -0.25) is 28.8 Å². The summed E-state index contributed by atoms with van der Waals surface area (Å²) in [6.45, 7) is 7.34. The number of nitrogens with two attached hydrogens (primary N) is 1. The zero-order valence-electron chi connectivity index (χ0n) is 35.4. The molecule has 62 heavy (non-hydrogen) atoms. The van der Waals surface area contributed by atoms with Crippen LogP contribution in [0.1, 0.15) is 79.4 Å². The maximum absolute atomic E-state index is 13.3. The Balaban J connectivity index is 0.722. The molecule has 10 rings (SSSR count). The lowest BCUT2D eigenvalue weighted by Gasteiger charge is -2.38. The maximum atomic E-state index is 13.3. The normalized spacial score (nSPS) is 25.1. The van der Waals surface area contributed by atoms with E-state index in [0.717, 1.165) is 108 Å². The van der Waals surface area contributed by atoms with Crippen molar-refractivity contribution in [2.75, 3.05) is 74.5 Å². The topological polar surface area (TPSA) is 200 Å². The summed E-state index contributed by atoms with van der Waals surface area (Å²) in [5.41, 5.74) is 10.1. The molecule has 6 aliphatic rings. The second-order valence-corrected chi connectivity index (χ2v) is 18.3. The van der Waals surface area contributed by atoms with E-state index in [2.05, 4.69) is 53.7 Å². The van der Waals surface area contributed by atoms with E-state index < -0.39 is 17.9 Å². The molecule has 2 aromatic heterocycles. The molecule has 5 saturated heterocycles. The highest BCUT2D eigenvalue weighted by Gasteiger charge is 2.51. The Morgan fingerprint density at radius 3 is 2.26 bits per heavy atom. The van der Waals surface area contributed by atoms with Crippen molar-refractivity contribution < 1.29 is 19.2 Å². The quantitative estimate of drug-likeness (QED) is 0.198. The van der Waals surface area contributed by atoms with Gasteiger partial charge in [-0.1, -0.05) is 12.1 Å². The summed E-state index contributed by atoms with van der Waals surface area (Å²) in [6, 6.07) is 14.0. The van der Waals surface area contributed by atoms with Crippen molar-refractivity contribution >= 4 is 57.9 Å². The van der Waals surface area contributed by atoms with E-state index in [0.29, 0.717) is 35.6 Å². The largest absolute Gasteiger partial charge is 0.371 e. The van der Waals surface area contributed by atoms with Gasteiger partial charge < -0.3 is 35.6 Å². The number of amides is 5. The van der Waals surface area contributed by atoms with Gasteiger partial charge in [-0.05, 0) is 112 Å². The third kappa shape index (κ3) is 7.30. The first-order valence-corrected chi connectivity index (χ1v) is 22.2. The number of aromatic nitrogens is 5. The fourth-order valence-electron chi connectivity index (χ4n) is 11.2. The fraction of sp³-hybridized carbons (Fsp3) is 0.545. The number of carbonyl (C=O) groups excluding carboxylic acids is 4. The van der Waals surface area contributed by atoms with E-state index in [1.807, 2.05) is 36.2 Å². The zero-order valence-corrected chi connectivity index (χ0v) is 35.4. The molecule has 2 aromatic carbocycles. The van der Waals surface area contributed by atoms with E-state index in [1.54, 1.807) is 16.5 Å². The molecule has 4 atom stereocenters. The predicted molar refractivity (Wildman–Crippen MR) is 232 cm³/mol. The van der Waals surface area contributed by atoms with Gasteiger partial charge in [-0.2, -0.15) is 4.98 Å². The summed E-state index contributed by atoms with van der Waals surface area (Å²) >= 11 is 0. The summed E-state index contributed by atoms with van der Waals surface area (Å²) in [5.74, 6) is 0.829. The number of imidazole rings is 1. The van der Waals surface area contributed by atoms with Gasteiger partial charge in [0.1, 0.15) is 6.04 Å². The second kappa shape index (κ2) is 16.0. The third-order valence-electron chi connectivity index (χ3n) is 14.6. The van der Waals surface area contributed by atoms with Gasteiger partial charge in [0, 0.05) is 71.2 Å². The highest BCUT2D eigenvalue weighted by atomic mass is 16.2. The van der Waals surface area contributed by atoms with E-state index in [4.69, 9.17) is 10.7 Å². The molecule has 2 bridgehead atoms. The number of nitrogens with zero attached hydrogens (tertiary/aromatic N) is 10. The first kappa shape index (κ1) is 40.1. The van der Waals surface area contributed by atoms with Crippen LogP contribution in [-0.2, 0) is 16.6 Å². The van der Waals surface area contributed by atoms with Crippen LogP contribution in [-0.4, -0.2) is 134 Å². The number of hydrogen-bond acceptors (Lipinski definition) is 12. The number of fused-ring (bicyclic) bond motifs is 3. The Bertz CT molecular complexity index is 2470. The molecule has 6 fully saturated rings. The maximum Gasteiger partial charge on any atom is 0.329 e. The van der Waals surface area contributed by atoms with Gasteiger partial charge in [0.15, 0.2) is 11.5 Å². The minimum Gasteiger partial charge on any atom is -0.371 e. The van der Waals surface area contributed by atoms with Crippen LogP contribution in [0.5, 0.6) is 0 Å². The van der Waals surface area contributed by atoms with Gasteiger partial charge in [-0.25, -0.2) is 9.59 Å². The number of carbonyl (C=O) groups is 4. The number of likely N-dealkylation sites (N-methyl/N-ethyl adjacent to an activating group) is 1. The number of hydrogen-bond donors (Lipinski definition) is 3. The summed E-state index contributed by atoms with van der Waals surface area (Å²) in [5, 5.41) is 14.3. The highest BCUT2D eigenvalue weighted by Crippen LogP contribution is 2.43. The van der Waals surface area contributed by atoms with Gasteiger partial charge in [0.25, 0.3) is 5.91 Å². The smallest absolute Gasteiger partial charge is 0.329 e. The second-order valence-electron chi connectivity index (χ2n) is 18.3. The lowest BCUT2D eigenvalue weighted by atomic mass is 9.88. The monoisotopic (exact) mass is 845 g/mol. The van der Waals surface area contributed by atoms with Crippen LogP contribution in [0.15, 0.2) is 47.3 Å². The van der Waals surface area contributed by atoms with Gasteiger partial charge >= 0.3 is 11.7 Å². The van der Waals surface area contributed by atoms with Crippen molar-refractivity contribution in [3.63, 3.8) is 0 Å². The number of likely N-dealkylation sites (tertiary alicyclic amines) is 1. The lowest BCUT2D eigenvalue weighted by Crippen LogP contribution is -2.52. The molecule has 1 saturated carbocycles. The first-order chi connectivity index (χ1) is 30.0. The molecule has 5 aliphatic heterocycles. The van der Waals surface area contributed by atoms with Crippen molar-refractivity contribution in [1.29, 1.82) is 0 Å². The Kier molecular flexibility index (Phi) is 10.3. The van der Waals surface area contributed by atoms with Crippen molar-refractivity contribution in [2.24, 2.45) is 24.6 Å². The van der Waals surface area contributed by atoms with Crippen LogP contribution in [0, 0.1) is 11.8 Å². The first-order valence-electron chi connectivity index (χ1n) is 22.2. The molecule has 4 aromatic rings. The number of rotatable bonds is 10. The molecule has 0 radical (unpaired) electrons. The Morgan fingerprint density at radius 2 is 1.58 bits per heavy atom. The molecule has 5 amide bonds. The number of nitrogens with one attached hydrogen (secondary N) is 2. The van der Waals surface area contributed by atoms with E-state index in [1.165, 1.54) is 10.1 Å². The molecule has 18 heteroatoms. The Hall–Kier alpha value is -6.04. The van der Waals surface area contributed by atoms with Crippen molar-refractivity contribution in [3.05, 3.63) is 64.2 Å². The number of imide groups is 1. The molecule has 4 N–H and O–H groups in total. The average Bonchev–Trinajstić information content (AvgIpc) is 4.04. The summed E-state index contributed by atoms with van der Waals surface area (Å²) in [6.07, 6.45) is 6.86. The highest BCUT2D eigenvalue weighted by molar-refractivity contribution is 6.00. The van der Waals surface area contributed by atoms with Crippen LogP contribution in [0.2, 0.25) is 0 Å². The number of piperidine rings is 4. The standard InChI is InChI=1S/C44H55N13O5/c1-51-19-20-55(43(51)61)35-21-27-22-36(35)56(25-27)42-48-40(38(39(45)59)49-50-42)46-30-5-3-28(4-6-30)29-13-15-53(16-14-29)24-26-11-17-54(18-12-26)31-7-8-32-34(23-31)52(2)44(62)57(32)33-9-10-37(58)47-41(33)60/h3-8,23,26-27,29,33,35-36H,9-22,24-25H2,1-2H3,(H2,45,59)(H,46,48,50)(H,47,58,60). The lowest BCUT2D eigenvalue weighted by molar-refractivity contribution is -0.135. The van der Waals surface area contributed by atoms with Crippen LogP contribution in [0.4, 0.5) is 27.9 Å². The third-order valence-corrected chi connectivity index (χ3v) is 14.6. The molecule has 7 heterocycles. The van der Waals surface area contributed by atoms with Gasteiger partial charge in [-0.15, -0.1) is 10.2 Å². The van der Waals surface area contributed by atoms with Gasteiger partial charge in [0.2, 0.25) is 17.8 Å². The number of anilines is 4. The molecular weight excluding hydrogens is 791 g/mol. The number of benzene rings is 2. The van der Waals surface area contributed by atoms with E-state index in [-0.39, 0.29) is 47.6 Å².